The molecule has 0 bridgehead atoms. The predicted molar refractivity (Wildman–Crippen MR) is 110 cm³/mol. The third-order valence-electron chi connectivity index (χ3n) is 3.99. The Morgan fingerprint density at radius 2 is 1.79 bits per heavy atom. The molecule has 0 saturated carbocycles. The number of carboxylic acids is 1. The van der Waals surface area contributed by atoms with Crippen LogP contribution in [0.5, 0.6) is 11.5 Å². The van der Waals surface area contributed by atoms with Crippen molar-refractivity contribution in [1.29, 1.82) is 0 Å². The number of rotatable bonds is 7. The summed E-state index contributed by atoms with van der Waals surface area (Å²) in [6.45, 7) is 0.0485. The molecule has 3 aromatic carbocycles. The topological polar surface area (TPSA) is 119 Å². The fourth-order valence-corrected chi connectivity index (χ4v) is 3.89. The summed E-state index contributed by atoms with van der Waals surface area (Å²) in [4.78, 5) is 11.3. The van der Waals surface area contributed by atoms with Crippen LogP contribution in [0.4, 0.5) is 5.69 Å². The third kappa shape index (κ3) is 4.86. The SMILES string of the molecule is NCc1cc(S(=O)(=O)Nc2ccc(Cl)cc2C(=O)O)ccc1Oc1ccccc1. The number of nitrogens with one attached hydrogen (secondary N) is 1. The lowest BCUT2D eigenvalue weighted by Gasteiger charge is -2.14. The molecule has 0 spiro atoms. The lowest BCUT2D eigenvalue weighted by atomic mass is 10.2. The highest BCUT2D eigenvalue weighted by atomic mass is 35.5. The van der Waals surface area contributed by atoms with E-state index < -0.39 is 16.0 Å². The number of carboxylic acid groups (broad SMARTS) is 1. The quantitative estimate of drug-likeness (QED) is 0.517. The number of benzene rings is 3. The summed E-state index contributed by atoms with van der Waals surface area (Å²) in [7, 11) is -4.07. The van der Waals surface area contributed by atoms with Gasteiger partial charge in [0.05, 0.1) is 16.1 Å². The van der Waals surface area contributed by atoms with Crippen molar-refractivity contribution >= 4 is 33.3 Å². The fraction of sp³-hybridized carbons (Fsp3) is 0.0500. The van der Waals surface area contributed by atoms with Crippen molar-refractivity contribution in [3.05, 3.63) is 82.9 Å². The van der Waals surface area contributed by atoms with Crippen molar-refractivity contribution < 1.29 is 23.1 Å². The van der Waals surface area contributed by atoms with Crippen LogP contribution in [0.1, 0.15) is 15.9 Å². The van der Waals surface area contributed by atoms with Crippen LogP contribution >= 0.6 is 11.6 Å². The Bertz CT molecular complexity index is 1150. The molecule has 150 valence electrons. The minimum atomic E-state index is -4.07. The molecule has 0 radical (unpaired) electrons. The molecule has 0 heterocycles. The zero-order valence-electron chi connectivity index (χ0n) is 15.0. The third-order valence-corrected chi connectivity index (χ3v) is 5.59. The van der Waals surface area contributed by atoms with E-state index in [9.17, 15) is 18.3 Å². The summed E-state index contributed by atoms with van der Waals surface area (Å²) >= 11 is 5.80. The van der Waals surface area contributed by atoms with E-state index in [0.29, 0.717) is 17.1 Å². The second-order valence-corrected chi connectivity index (χ2v) is 8.11. The van der Waals surface area contributed by atoms with Crippen molar-refractivity contribution in [1.82, 2.24) is 0 Å². The molecule has 0 aliphatic rings. The van der Waals surface area contributed by atoms with Crippen LogP contribution in [0, 0.1) is 0 Å². The second kappa shape index (κ2) is 8.52. The number of carbonyl (C=O) groups is 1. The van der Waals surface area contributed by atoms with E-state index >= 15 is 0 Å². The van der Waals surface area contributed by atoms with Crippen LogP contribution in [0.2, 0.25) is 5.02 Å². The van der Waals surface area contributed by atoms with Crippen molar-refractivity contribution in [2.75, 3.05) is 4.72 Å². The van der Waals surface area contributed by atoms with Gasteiger partial charge in [0, 0.05) is 17.1 Å². The van der Waals surface area contributed by atoms with Crippen molar-refractivity contribution in [3.63, 3.8) is 0 Å². The molecule has 29 heavy (non-hydrogen) atoms. The minimum Gasteiger partial charge on any atom is -0.478 e. The lowest BCUT2D eigenvalue weighted by molar-refractivity contribution is 0.0698. The summed E-state index contributed by atoms with van der Waals surface area (Å²) in [5.74, 6) is -0.293. The van der Waals surface area contributed by atoms with E-state index in [2.05, 4.69) is 4.72 Å². The van der Waals surface area contributed by atoms with E-state index in [1.54, 1.807) is 12.1 Å². The number of hydrogen-bond acceptors (Lipinski definition) is 5. The molecule has 0 saturated heterocycles. The first-order chi connectivity index (χ1) is 13.8. The highest BCUT2D eigenvalue weighted by molar-refractivity contribution is 7.92. The minimum absolute atomic E-state index is 0.0485. The van der Waals surface area contributed by atoms with E-state index in [0.717, 1.165) is 0 Å². The van der Waals surface area contributed by atoms with E-state index in [1.165, 1.54) is 36.4 Å². The number of anilines is 1. The molecular weight excluding hydrogens is 416 g/mol. The summed E-state index contributed by atoms with van der Waals surface area (Å²) in [6.07, 6.45) is 0. The zero-order valence-corrected chi connectivity index (χ0v) is 16.6. The van der Waals surface area contributed by atoms with Crippen LogP contribution in [0.15, 0.2) is 71.6 Å². The number of nitrogens with two attached hydrogens (primary N) is 1. The first kappa shape index (κ1) is 20.7. The van der Waals surface area contributed by atoms with Gasteiger partial charge in [-0.15, -0.1) is 0 Å². The van der Waals surface area contributed by atoms with Gasteiger partial charge in [-0.2, -0.15) is 0 Å². The summed E-state index contributed by atoms with van der Waals surface area (Å²) < 4.78 is 33.6. The zero-order chi connectivity index (χ0) is 21.0. The molecule has 3 aromatic rings. The van der Waals surface area contributed by atoms with Gasteiger partial charge in [0.2, 0.25) is 0 Å². The molecule has 7 nitrogen and oxygen atoms in total. The number of ether oxygens (including phenoxy) is 1. The number of sulfonamides is 1. The van der Waals surface area contributed by atoms with Gasteiger partial charge < -0.3 is 15.6 Å². The molecular formula is C20H17ClN2O5S. The molecule has 0 amide bonds. The fourth-order valence-electron chi connectivity index (χ4n) is 2.58. The lowest BCUT2D eigenvalue weighted by Crippen LogP contribution is -2.16. The van der Waals surface area contributed by atoms with Crippen molar-refractivity contribution in [3.8, 4) is 11.5 Å². The van der Waals surface area contributed by atoms with Crippen molar-refractivity contribution in [2.24, 2.45) is 5.73 Å². The first-order valence-corrected chi connectivity index (χ1v) is 10.3. The van der Waals surface area contributed by atoms with Crippen molar-refractivity contribution in [2.45, 2.75) is 11.4 Å². The molecule has 0 aliphatic carbocycles. The average Bonchev–Trinajstić information content (AvgIpc) is 2.70. The Morgan fingerprint density at radius 1 is 1.07 bits per heavy atom. The van der Waals surface area contributed by atoms with Crippen LogP contribution in [0.25, 0.3) is 0 Å². The van der Waals surface area contributed by atoms with Crippen LogP contribution in [0.3, 0.4) is 0 Å². The largest absolute Gasteiger partial charge is 0.478 e. The van der Waals surface area contributed by atoms with Gasteiger partial charge >= 0.3 is 5.97 Å². The Hall–Kier alpha value is -3.07. The number of halogens is 1. The molecule has 4 N–H and O–H groups in total. The number of aromatic carboxylic acids is 1. The molecule has 0 unspecified atom stereocenters. The van der Waals surface area contributed by atoms with E-state index in [1.807, 2.05) is 18.2 Å². The highest BCUT2D eigenvalue weighted by Crippen LogP contribution is 2.29. The van der Waals surface area contributed by atoms with Crippen LogP contribution in [-0.2, 0) is 16.6 Å². The molecule has 0 aromatic heterocycles. The summed E-state index contributed by atoms with van der Waals surface area (Å²) in [5.41, 5.74) is 5.88. The Morgan fingerprint density at radius 3 is 2.45 bits per heavy atom. The second-order valence-electron chi connectivity index (χ2n) is 5.99. The first-order valence-electron chi connectivity index (χ1n) is 8.42. The van der Waals surface area contributed by atoms with Crippen LogP contribution in [-0.4, -0.2) is 19.5 Å². The molecule has 3 rings (SSSR count). The maximum Gasteiger partial charge on any atom is 0.337 e. The monoisotopic (exact) mass is 432 g/mol. The Kier molecular flexibility index (Phi) is 6.07. The van der Waals surface area contributed by atoms with Gasteiger partial charge in [-0.25, -0.2) is 13.2 Å². The predicted octanol–water partition coefficient (Wildman–Crippen LogP) is 4.09. The van der Waals surface area contributed by atoms with Gasteiger partial charge in [0.1, 0.15) is 11.5 Å². The van der Waals surface area contributed by atoms with Gasteiger partial charge in [0.25, 0.3) is 10.0 Å². The van der Waals surface area contributed by atoms with Gasteiger partial charge in [-0.3, -0.25) is 4.72 Å². The van der Waals surface area contributed by atoms with Gasteiger partial charge in [-0.05, 0) is 48.5 Å². The molecule has 0 fully saturated rings. The normalized spacial score (nSPS) is 11.1. The Balaban J connectivity index is 1.93. The van der Waals surface area contributed by atoms with Gasteiger partial charge in [0.15, 0.2) is 0 Å². The Labute approximate surface area is 172 Å². The highest BCUT2D eigenvalue weighted by Gasteiger charge is 2.20. The molecule has 0 aliphatic heterocycles. The standard InChI is InChI=1S/C20H17ClN2O5S/c21-14-6-8-18(17(11-14)20(24)25)23-29(26,27)16-7-9-19(13(10-16)12-22)28-15-4-2-1-3-5-15/h1-11,23H,12,22H2,(H,24,25). The molecule has 9 heteroatoms. The van der Waals surface area contributed by atoms with Gasteiger partial charge in [-0.1, -0.05) is 29.8 Å². The number of para-hydroxylation sites is 1. The summed E-state index contributed by atoms with van der Waals surface area (Å²) in [6, 6.07) is 17.1. The summed E-state index contributed by atoms with van der Waals surface area (Å²) in [5, 5.41) is 9.47. The van der Waals surface area contributed by atoms with Crippen LogP contribution < -0.4 is 15.2 Å². The maximum absolute atomic E-state index is 12.8. The smallest absolute Gasteiger partial charge is 0.337 e. The molecule has 0 atom stereocenters. The maximum atomic E-state index is 12.8. The average molecular weight is 433 g/mol. The van der Waals surface area contributed by atoms with E-state index in [4.69, 9.17) is 22.1 Å². The van der Waals surface area contributed by atoms with E-state index in [-0.39, 0.29) is 27.7 Å². The number of hydrogen-bond donors (Lipinski definition) is 3.